The fourth-order valence-corrected chi connectivity index (χ4v) is 5.84. The predicted molar refractivity (Wildman–Crippen MR) is 123 cm³/mol. The lowest BCUT2D eigenvalue weighted by Gasteiger charge is -2.36. The molecule has 1 aliphatic rings. The fraction of sp³-hybridized carbons (Fsp3) is 0.636. The fourth-order valence-electron chi connectivity index (χ4n) is 4.12. The van der Waals surface area contributed by atoms with E-state index in [2.05, 4.69) is 4.90 Å². The molecule has 2 amide bonds. The van der Waals surface area contributed by atoms with Gasteiger partial charge in [0.1, 0.15) is 11.8 Å². The average molecular weight is 485 g/mol. The number of sulfonamides is 1. The lowest BCUT2D eigenvalue weighted by atomic mass is 10.0. The first-order chi connectivity index (χ1) is 15.5. The van der Waals surface area contributed by atoms with Crippen LogP contribution in [0, 0.1) is 5.92 Å². The van der Waals surface area contributed by atoms with Crippen molar-refractivity contribution in [1.29, 1.82) is 0 Å². The van der Waals surface area contributed by atoms with E-state index < -0.39 is 27.9 Å². The summed E-state index contributed by atoms with van der Waals surface area (Å²) in [7, 11) is 1.36. The van der Waals surface area contributed by atoms with Crippen LogP contribution in [0.15, 0.2) is 29.2 Å². The molecule has 0 aliphatic carbocycles. The number of carbonyl (C=O) groups is 2. The van der Waals surface area contributed by atoms with E-state index in [1.807, 2.05) is 14.1 Å². The molecule has 33 heavy (non-hydrogen) atoms. The van der Waals surface area contributed by atoms with E-state index >= 15 is 0 Å². The van der Waals surface area contributed by atoms with Crippen LogP contribution in [0.1, 0.15) is 33.1 Å². The number of hydrogen-bond acceptors (Lipinski definition) is 7. The van der Waals surface area contributed by atoms with Gasteiger partial charge in [-0.2, -0.15) is 4.31 Å². The maximum atomic E-state index is 13.5. The zero-order valence-corrected chi connectivity index (χ0v) is 20.8. The molecule has 0 saturated carbocycles. The second kappa shape index (κ2) is 11.8. The van der Waals surface area contributed by atoms with Gasteiger partial charge in [0, 0.05) is 32.1 Å². The van der Waals surface area contributed by atoms with Gasteiger partial charge in [-0.05, 0) is 57.1 Å². The number of nitrogens with one attached hydrogen (secondary N) is 1. The Hall–Kier alpha value is -2.21. The van der Waals surface area contributed by atoms with Crippen molar-refractivity contribution in [3.8, 4) is 5.75 Å². The zero-order valence-electron chi connectivity index (χ0n) is 20.0. The van der Waals surface area contributed by atoms with Gasteiger partial charge in [-0.25, -0.2) is 13.9 Å². The van der Waals surface area contributed by atoms with Gasteiger partial charge >= 0.3 is 0 Å². The summed E-state index contributed by atoms with van der Waals surface area (Å²) in [5, 5.41) is 9.24. The van der Waals surface area contributed by atoms with Gasteiger partial charge in [0.05, 0.1) is 12.0 Å². The maximum Gasteiger partial charge on any atom is 0.262 e. The molecule has 1 atom stereocenters. The highest BCUT2D eigenvalue weighted by molar-refractivity contribution is 7.89. The van der Waals surface area contributed by atoms with Crippen molar-refractivity contribution >= 4 is 21.8 Å². The van der Waals surface area contributed by atoms with Crippen LogP contribution < -0.4 is 10.2 Å². The van der Waals surface area contributed by atoms with Crippen molar-refractivity contribution < 1.29 is 28.0 Å². The van der Waals surface area contributed by atoms with E-state index in [0.717, 1.165) is 17.1 Å². The molecule has 1 fully saturated rings. The highest BCUT2D eigenvalue weighted by Crippen LogP contribution is 2.25. The molecule has 1 saturated heterocycles. The summed E-state index contributed by atoms with van der Waals surface area (Å²) < 4.78 is 33.1. The highest BCUT2D eigenvalue weighted by Gasteiger charge is 2.38. The van der Waals surface area contributed by atoms with Gasteiger partial charge in [-0.15, -0.1) is 0 Å². The number of hydrogen-bond donors (Lipinski definition) is 2. The minimum absolute atomic E-state index is 0.0288. The zero-order chi connectivity index (χ0) is 24.8. The predicted octanol–water partition coefficient (Wildman–Crippen LogP) is 1.16. The molecule has 0 aromatic heterocycles. The summed E-state index contributed by atoms with van der Waals surface area (Å²) in [6.07, 6.45) is 1.65. The maximum absolute atomic E-state index is 13.5. The SMILES string of the molecule is COc1ccc(S(=O)(=O)N(CCC(=O)N2CCC(N(C)C)CC2)C(C(=O)NO)C(C)C)cc1. The summed E-state index contributed by atoms with van der Waals surface area (Å²) in [4.78, 5) is 29.2. The van der Waals surface area contributed by atoms with Crippen LogP contribution >= 0.6 is 0 Å². The van der Waals surface area contributed by atoms with Crippen molar-refractivity contribution in [2.45, 2.75) is 50.1 Å². The molecule has 2 rings (SSSR count). The standard InChI is InChI=1S/C22H36N4O6S/c1-16(2)21(22(28)23-29)26(33(30,31)19-8-6-18(32-5)7-9-19)15-12-20(27)25-13-10-17(11-14-25)24(3)4/h6-9,16-17,21,29H,10-15H2,1-5H3,(H,23,28). The van der Waals surface area contributed by atoms with Crippen molar-refractivity contribution in [2.24, 2.45) is 5.92 Å². The second-order valence-electron chi connectivity index (χ2n) is 8.78. The molecule has 1 aliphatic heterocycles. The third kappa shape index (κ3) is 6.66. The summed E-state index contributed by atoms with van der Waals surface area (Å²) in [5.74, 6) is -0.961. The monoisotopic (exact) mass is 484 g/mol. The summed E-state index contributed by atoms with van der Waals surface area (Å²) in [6.45, 7) is 4.40. The summed E-state index contributed by atoms with van der Waals surface area (Å²) >= 11 is 0. The van der Waals surface area contributed by atoms with E-state index in [-0.39, 0.29) is 23.8 Å². The van der Waals surface area contributed by atoms with Gasteiger partial charge < -0.3 is 14.5 Å². The van der Waals surface area contributed by atoms with Crippen LogP contribution in [0.25, 0.3) is 0 Å². The molecule has 1 heterocycles. The van der Waals surface area contributed by atoms with E-state index in [1.165, 1.54) is 31.4 Å². The molecule has 0 spiro atoms. The van der Waals surface area contributed by atoms with E-state index in [4.69, 9.17) is 4.74 Å². The number of hydroxylamine groups is 1. The average Bonchev–Trinajstić information content (AvgIpc) is 2.80. The first-order valence-electron chi connectivity index (χ1n) is 11.1. The number of carbonyl (C=O) groups excluding carboxylic acids is 2. The number of amides is 2. The Balaban J connectivity index is 2.26. The molecule has 186 valence electrons. The van der Waals surface area contributed by atoms with E-state index in [1.54, 1.807) is 24.2 Å². The topological polar surface area (TPSA) is 119 Å². The normalized spacial score (nSPS) is 16.3. The van der Waals surface area contributed by atoms with Gasteiger partial charge in [0.25, 0.3) is 5.91 Å². The Labute approximate surface area is 196 Å². The van der Waals surface area contributed by atoms with Crippen LogP contribution in [0.4, 0.5) is 0 Å². The lowest BCUT2D eigenvalue weighted by molar-refractivity contribution is -0.136. The van der Waals surface area contributed by atoms with Gasteiger partial charge in [0.2, 0.25) is 15.9 Å². The third-order valence-electron chi connectivity index (χ3n) is 6.08. The molecule has 2 N–H and O–H groups in total. The molecule has 11 heteroatoms. The minimum atomic E-state index is -4.14. The molecule has 1 aromatic carbocycles. The second-order valence-corrected chi connectivity index (χ2v) is 10.7. The summed E-state index contributed by atoms with van der Waals surface area (Å²) in [6, 6.07) is 5.05. The van der Waals surface area contributed by atoms with Crippen LogP contribution in [-0.2, 0) is 19.6 Å². The van der Waals surface area contributed by atoms with Crippen molar-refractivity contribution in [3.63, 3.8) is 0 Å². The molecule has 1 unspecified atom stereocenters. The van der Waals surface area contributed by atoms with Crippen LogP contribution in [0.2, 0.25) is 0 Å². The Bertz CT molecular complexity index is 896. The molecule has 10 nitrogen and oxygen atoms in total. The number of nitrogens with zero attached hydrogens (tertiary/aromatic N) is 3. The van der Waals surface area contributed by atoms with Crippen molar-refractivity contribution in [2.75, 3.05) is 40.8 Å². The van der Waals surface area contributed by atoms with Gasteiger partial charge in [0.15, 0.2) is 0 Å². The van der Waals surface area contributed by atoms with Gasteiger partial charge in [-0.1, -0.05) is 13.8 Å². The number of piperidine rings is 1. The lowest BCUT2D eigenvalue weighted by Crippen LogP contribution is -2.53. The number of methoxy groups -OCH3 is 1. The van der Waals surface area contributed by atoms with Crippen LogP contribution in [0.3, 0.4) is 0 Å². The Morgan fingerprint density at radius 2 is 1.76 bits per heavy atom. The number of rotatable bonds is 10. The quantitative estimate of drug-likeness (QED) is 0.378. The molecular weight excluding hydrogens is 448 g/mol. The Morgan fingerprint density at radius 1 is 1.18 bits per heavy atom. The number of benzene rings is 1. The van der Waals surface area contributed by atoms with Gasteiger partial charge in [-0.3, -0.25) is 14.8 Å². The Kier molecular flexibility index (Phi) is 9.65. The smallest absolute Gasteiger partial charge is 0.262 e. The van der Waals surface area contributed by atoms with Crippen molar-refractivity contribution in [1.82, 2.24) is 19.6 Å². The largest absolute Gasteiger partial charge is 0.497 e. The first kappa shape index (κ1) is 27.0. The minimum Gasteiger partial charge on any atom is -0.497 e. The summed E-state index contributed by atoms with van der Waals surface area (Å²) in [5.41, 5.74) is 1.57. The molecular formula is C22H36N4O6S. The molecule has 0 bridgehead atoms. The van der Waals surface area contributed by atoms with Crippen molar-refractivity contribution in [3.05, 3.63) is 24.3 Å². The van der Waals surface area contributed by atoms with E-state index in [0.29, 0.717) is 24.9 Å². The molecule has 1 aromatic rings. The van der Waals surface area contributed by atoms with Crippen LogP contribution in [0.5, 0.6) is 5.75 Å². The number of likely N-dealkylation sites (tertiary alicyclic amines) is 1. The molecule has 0 radical (unpaired) electrons. The van der Waals surface area contributed by atoms with E-state index in [9.17, 15) is 23.2 Å². The number of ether oxygens (including phenoxy) is 1. The third-order valence-corrected chi connectivity index (χ3v) is 7.98. The Morgan fingerprint density at radius 3 is 2.21 bits per heavy atom. The highest BCUT2D eigenvalue weighted by atomic mass is 32.2. The first-order valence-corrected chi connectivity index (χ1v) is 12.5. The van der Waals surface area contributed by atoms with Crippen LogP contribution in [-0.4, -0.2) is 92.5 Å².